The van der Waals surface area contributed by atoms with Gasteiger partial charge in [0.1, 0.15) is 5.75 Å². The van der Waals surface area contributed by atoms with Gasteiger partial charge in [0.15, 0.2) is 0 Å². The third-order valence-corrected chi connectivity index (χ3v) is 3.03. The number of aromatic nitrogens is 1. The van der Waals surface area contributed by atoms with Crippen molar-refractivity contribution >= 4 is 17.7 Å². The Hall–Kier alpha value is -1.23. The number of aromatic hydroxyl groups is 1. The van der Waals surface area contributed by atoms with Crippen LogP contribution in [0.5, 0.6) is 5.75 Å². The van der Waals surface area contributed by atoms with E-state index in [0.29, 0.717) is 5.69 Å². The third-order valence-electron chi connectivity index (χ3n) is 1.87. The van der Waals surface area contributed by atoms with Gasteiger partial charge in [-0.25, -0.2) is 0 Å². The number of ether oxygens (including phenoxy) is 1. The van der Waals surface area contributed by atoms with Crippen molar-refractivity contribution in [2.75, 3.05) is 7.11 Å². The van der Waals surface area contributed by atoms with Gasteiger partial charge in [-0.3, -0.25) is 9.78 Å². The van der Waals surface area contributed by atoms with E-state index >= 15 is 0 Å². The van der Waals surface area contributed by atoms with Crippen molar-refractivity contribution < 1.29 is 14.6 Å². The fraction of sp³-hybridized carbons (Fsp3) is 0.500. The molecule has 0 saturated heterocycles. The van der Waals surface area contributed by atoms with Crippen molar-refractivity contribution in [1.82, 2.24) is 4.98 Å². The smallest absolute Gasteiger partial charge is 0.311 e. The van der Waals surface area contributed by atoms with Gasteiger partial charge in [-0.1, -0.05) is 20.8 Å². The molecule has 1 aromatic rings. The lowest BCUT2D eigenvalue weighted by Gasteiger charge is -2.18. The molecule has 0 amide bonds. The van der Waals surface area contributed by atoms with Crippen LogP contribution in [0.15, 0.2) is 17.2 Å². The summed E-state index contributed by atoms with van der Waals surface area (Å²) < 4.78 is 4.56. The monoisotopic (exact) mass is 255 g/mol. The molecule has 1 aromatic heterocycles. The Balaban J connectivity index is 2.90. The first kappa shape index (κ1) is 13.8. The van der Waals surface area contributed by atoms with Gasteiger partial charge in [0, 0.05) is 4.75 Å². The van der Waals surface area contributed by atoms with Crippen molar-refractivity contribution in [2.45, 2.75) is 36.8 Å². The molecule has 0 atom stereocenters. The summed E-state index contributed by atoms with van der Waals surface area (Å²) in [6.07, 6.45) is 1.49. The van der Waals surface area contributed by atoms with Gasteiger partial charge in [0.25, 0.3) is 0 Å². The molecule has 0 radical (unpaired) electrons. The Labute approximate surface area is 105 Å². The van der Waals surface area contributed by atoms with E-state index in [1.165, 1.54) is 25.1 Å². The van der Waals surface area contributed by atoms with E-state index < -0.39 is 0 Å². The lowest BCUT2D eigenvalue weighted by Crippen LogP contribution is -2.08. The average Bonchev–Trinajstić information content (AvgIpc) is 2.21. The van der Waals surface area contributed by atoms with Crippen molar-refractivity contribution in [3.63, 3.8) is 0 Å². The van der Waals surface area contributed by atoms with Crippen LogP contribution in [-0.4, -0.2) is 27.9 Å². The van der Waals surface area contributed by atoms with Crippen LogP contribution >= 0.6 is 11.8 Å². The van der Waals surface area contributed by atoms with E-state index in [9.17, 15) is 9.90 Å². The molecule has 0 unspecified atom stereocenters. The number of pyridine rings is 1. The molecule has 0 aliphatic rings. The quantitative estimate of drug-likeness (QED) is 0.664. The third kappa shape index (κ3) is 4.65. The van der Waals surface area contributed by atoms with Crippen molar-refractivity contribution in [3.8, 4) is 5.75 Å². The molecular weight excluding hydrogens is 238 g/mol. The van der Waals surface area contributed by atoms with Gasteiger partial charge in [0.05, 0.1) is 30.3 Å². The van der Waals surface area contributed by atoms with E-state index in [-0.39, 0.29) is 22.9 Å². The molecule has 0 aromatic carbocycles. The van der Waals surface area contributed by atoms with Gasteiger partial charge < -0.3 is 9.84 Å². The van der Waals surface area contributed by atoms with Crippen molar-refractivity contribution in [2.24, 2.45) is 0 Å². The Kier molecular flexibility index (Phi) is 4.40. The first-order chi connectivity index (χ1) is 7.81. The second-order valence-electron chi connectivity index (χ2n) is 4.61. The maximum absolute atomic E-state index is 11.1. The van der Waals surface area contributed by atoms with Crippen LogP contribution in [0.3, 0.4) is 0 Å². The Morgan fingerprint density at radius 2 is 2.18 bits per heavy atom. The number of carbonyl (C=O) groups excluding carboxylic acids is 1. The van der Waals surface area contributed by atoms with Crippen LogP contribution in [-0.2, 0) is 16.0 Å². The standard InChI is InChI=1S/C12H17NO3S/c1-12(2,3)17-10-5-8(6-11(15)16-4)13-7-9(10)14/h5,7,14H,6H2,1-4H3. The fourth-order valence-electron chi connectivity index (χ4n) is 1.20. The molecule has 0 spiro atoms. The summed E-state index contributed by atoms with van der Waals surface area (Å²) in [5.74, 6) is -0.201. The van der Waals surface area contributed by atoms with Crippen molar-refractivity contribution in [1.29, 1.82) is 0 Å². The molecule has 1 N–H and O–H groups in total. The summed E-state index contributed by atoms with van der Waals surface area (Å²) in [6.45, 7) is 6.16. The van der Waals surface area contributed by atoms with Gasteiger partial charge in [-0.05, 0) is 6.07 Å². The van der Waals surface area contributed by atoms with Crippen LogP contribution in [0.4, 0.5) is 0 Å². The molecule has 0 saturated carbocycles. The van der Waals surface area contributed by atoms with E-state index in [1.807, 2.05) is 0 Å². The highest BCUT2D eigenvalue weighted by molar-refractivity contribution is 8.00. The molecule has 0 bridgehead atoms. The van der Waals surface area contributed by atoms with Gasteiger partial charge in [-0.15, -0.1) is 11.8 Å². The van der Waals surface area contributed by atoms with E-state index in [2.05, 4.69) is 30.5 Å². The highest BCUT2D eigenvalue weighted by Gasteiger charge is 2.16. The summed E-state index contributed by atoms with van der Waals surface area (Å²) in [6, 6.07) is 1.72. The van der Waals surface area contributed by atoms with E-state index in [1.54, 1.807) is 6.07 Å². The number of rotatable bonds is 3. The second kappa shape index (κ2) is 5.40. The first-order valence-electron chi connectivity index (χ1n) is 5.25. The minimum atomic E-state index is -0.338. The summed E-state index contributed by atoms with van der Waals surface area (Å²) in [5, 5.41) is 9.69. The molecule has 0 aliphatic carbocycles. The van der Waals surface area contributed by atoms with Crippen molar-refractivity contribution in [3.05, 3.63) is 18.0 Å². The van der Waals surface area contributed by atoms with Crippen LogP contribution in [0, 0.1) is 0 Å². The highest BCUT2D eigenvalue weighted by atomic mass is 32.2. The van der Waals surface area contributed by atoms with Crippen LogP contribution in [0.1, 0.15) is 26.5 Å². The number of methoxy groups -OCH3 is 1. The topological polar surface area (TPSA) is 59.4 Å². The van der Waals surface area contributed by atoms with Gasteiger partial charge >= 0.3 is 5.97 Å². The zero-order valence-electron chi connectivity index (χ0n) is 10.5. The zero-order valence-corrected chi connectivity index (χ0v) is 11.3. The van der Waals surface area contributed by atoms with E-state index in [4.69, 9.17) is 0 Å². The Bertz CT molecular complexity index is 413. The normalized spacial score (nSPS) is 11.3. The number of hydrogen-bond donors (Lipinski definition) is 1. The largest absolute Gasteiger partial charge is 0.505 e. The molecule has 4 nitrogen and oxygen atoms in total. The fourth-order valence-corrected chi connectivity index (χ4v) is 2.21. The molecule has 5 heteroatoms. The predicted octanol–water partition coefficient (Wildman–Crippen LogP) is 2.39. The molecular formula is C12H17NO3S. The predicted molar refractivity (Wildman–Crippen MR) is 67.2 cm³/mol. The number of carbonyl (C=O) groups is 1. The molecule has 1 rings (SSSR count). The Morgan fingerprint density at radius 3 is 2.71 bits per heavy atom. The first-order valence-corrected chi connectivity index (χ1v) is 6.07. The maximum Gasteiger partial charge on any atom is 0.311 e. The van der Waals surface area contributed by atoms with Gasteiger partial charge in [-0.2, -0.15) is 0 Å². The SMILES string of the molecule is COC(=O)Cc1cc(SC(C)(C)C)c(O)cn1. The minimum absolute atomic E-state index is 0.0125. The van der Waals surface area contributed by atoms with Gasteiger partial charge in [0.2, 0.25) is 0 Å². The number of esters is 1. The summed E-state index contributed by atoms with van der Waals surface area (Å²) in [4.78, 5) is 15.9. The number of hydrogen-bond acceptors (Lipinski definition) is 5. The molecule has 1 heterocycles. The summed E-state index contributed by atoms with van der Waals surface area (Å²) >= 11 is 1.53. The lowest BCUT2D eigenvalue weighted by atomic mass is 10.2. The molecule has 0 fully saturated rings. The molecule has 94 valence electrons. The highest BCUT2D eigenvalue weighted by Crippen LogP contribution is 2.37. The van der Waals surface area contributed by atoms with Crippen LogP contribution in [0.2, 0.25) is 0 Å². The molecule has 0 aliphatic heterocycles. The number of nitrogens with zero attached hydrogens (tertiary/aromatic N) is 1. The van der Waals surface area contributed by atoms with Crippen LogP contribution < -0.4 is 0 Å². The Morgan fingerprint density at radius 1 is 1.53 bits per heavy atom. The second-order valence-corrected chi connectivity index (χ2v) is 6.48. The lowest BCUT2D eigenvalue weighted by molar-refractivity contribution is -0.139. The average molecular weight is 255 g/mol. The summed E-state index contributed by atoms with van der Waals surface area (Å²) in [7, 11) is 1.34. The molecule has 17 heavy (non-hydrogen) atoms. The van der Waals surface area contributed by atoms with Crippen LogP contribution in [0.25, 0.3) is 0 Å². The summed E-state index contributed by atoms with van der Waals surface area (Å²) in [5.41, 5.74) is 0.599. The van der Waals surface area contributed by atoms with E-state index in [0.717, 1.165) is 4.90 Å². The zero-order chi connectivity index (χ0) is 13.1. The number of thioether (sulfide) groups is 1. The maximum atomic E-state index is 11.1. The minimum Gasteiger partial charge on any atom is -0.505 e.